The summed E-state index contributed by atoms with van der Waals surface area (Å²) in [7, 11) is 0. The van der Waals surface area contributed by atoms with Gasteiger partial charge < -0.3 is 10.5 Å². The van der Waals surface area contributed by atoms with Gasteiger partial charge in [-0.3, -0.25) is 9.69 Å². The molecule has 0 radical (unpaired) electrons. The first-order chi connectivity index (χ1) is 8.06. The maximum atomic E-state index is 12.2. The van der Waals surface area contributed by atoms with Gasteiger partial charge in [0.05, 0.1) is 0 Å². The molecule has 0 atom stereocenters. The lowest BCUT2D eigenvalue weighted by Gasteiger charge is -2.37. The molecule has 0 saturated heterocycles. The number of ether oxygens (including phenoxy) is 1. The van der Waals surface area contributed by atoms with Crippen LogP contribution in [-0.4, -0.2) is 29.6 Å². The zero-order valence-corrected chi connectivity index (χ0v) is 10.1. The highest BCUT2D eigenvalue weighted by atomic mass is 16.5. The number of nitrogens with zero attached hydrogens (tertiary/aromatic N) is 2. The Morgan fingerprint density at radius 2 is 2.29 bits per heavy atom. The molecule has 5 nitrogen and oxygen atoms in total. The Hall–Kier alpha value is -1.62. The average Bonchev–Trinajstić information content (AvgIpc) is 2.29. The van der Waals surface area contributed by atoms with Gasteiger partial charge in [-0.2, -0.15) is 0 Å². The summed E-state index contributed by atoms with van der Waals surface area (Å²) in [6.07, 6.45) is 2.40. The Morgan fingerprint density at radius 1 is 1.53 bits per heavy atom. The second-order valence-electron chi connectivity index (χ2n) is 4.54. The van der Waals surface area contributed by atoms with E-state index in [1.165, 1.54) is 0 Å². The van der Waals surface area contributed by atoms with Gasteiger partial charge in [0.25, 0.3) is 5.91 Å². The summed E-state index contributed by atoms with van der Waals surface area (Å²) < 4.78 is 5.66. The molecule has 0 unspecified atom stereocenters. The first-order valence-corrected chi connectivity index (χ1v) is 5.72. The van der Waals surface area contributed by atoms with Crippen molar-refractivity contribution in [2.24, 2.45) is 5.73 Å². The lowest BCUT2D eigenvalue weighted by Crippen LogP contribution is -2.53. The summed E-state index contributed by atoms with van der Waals surface area (Å²) in [5.41, 5.74) is 4.65. The first kappa shape index (κ1) is 11.9. The Bertz CT molecular complexity index is 432. The number of nitrogens with two attached hydrogens (primary N) is 1. The van der Waals surface area contributed by atoms with Crippen LogP contribution in [0.3, 0.4) is 0 Å². The molecule has 1 aromatic rings. The minimum atomic E-state index is -0.843. The molecular formula is C12H17N3O2. The van der Waals surface area contributed by atoms with Gasteiger partial charge >= 0.3 is 0 Å². The lowest BCUT2D eigenvalue weighted by molar-refractivity contribution is -0.132. The van der Waals surface area contributed by atoms with Crippen LogP contribution < -0.4 is 15.4 Å². The summed E-state index contributed by atoms with van der Waals surface area (Å²) in [5.74, 6) is 1.16. The van der Waals surface area contributed by atoms with Crippen molar-refractivity contribution >= 4 is 11.7 Å². The van der Waals surface area contributed by atoms with Gasteiger partial charge in [-0.25, -0.2) is 4.98 Å². The monoisotopic (exact) mass is 235 g/mol. The van der Waals surface area contributed by atoms with Crippen LogP contribution in [0.5, 0.6) is 5.75 Å². The van der Waals surface area contributed by atoms with Crippen LogP contribution in [0.2, 0.25) is 0 Å². The second kappa shape index (κ2) is 4.33. The van der Waals surface area contributed by atoms with Crippen LogP contribution in [0, 0.1) is 0 Å². The van der Waals surface area contributed by atoms with Crippen LogP contribution in [0.15, 0.2) is 18.3 Å². The smallest absolute Gasteiger partial charge is 0.271 e. The Morgan fingerprint density at radius 3 is 3.00 bits per heavy atom. The fourth-order valence-corrected chi connectivity index (χ4v) is 1.86. The summed E-state index contributed by atoms with van der Waals surface area (Å²) in [5, 5.41) is 0. The highest BCUT2D eigenvalue weighted by Crippen LogP contribution is 2.35. The second-order valence-corrected chi connectivity index (χ2v) is 4.54. The van der Waals surface area contributed by atoms with Crippen molar-refractivity contribution in [1.82, 2.24) is 4.98 Å². The molecule has 0 aromatic carbocycles. The third-order valence-electron chi connectivity index (χ3n) is 2.72. The molecule has 1 aromatic heterocycles. The molecule has 0 spiro atoms. The van der Waals surface area contributed by atoms with Gasteiger partial charge in [0.2, 0.25) is 0 Å². The lowest BCUT2D eigenvalue weighted by atomic mass is 10.1. The molecule has 1 aliphatic rings. The normalized spacial score (nSPS) is 17.6. The van der Waals surface area contributed by atoms with Crippen molar-refractivity contribution in [3.63, 3.8) is 0 Å². The third kappa shape index (κ3) is 2.10. The summed E-state index contributed by atoms with van der Waals surface area (Å²) in [6, 6.07) is 3.62. The molecule has 92 valence electrons. The number of carbonyl (C=O) groups excluding carboxylic acids is 1. The van der Waals surface area contributed by atoms with E-state index in [-0.39, 0.29) is 5.91 Å². The highest BCUT2D eigenvalue weighted by Gasteiger charge is 2.41. The van der Waals surface area contributed by atoms with E-state index in [1.54, 1.807) is 31.0 Å². The van der Waals surface area contributed by atoms with E-state index in [9.17, 15) is 4.79 Å². The molecular weight excluding hydrogens is 218 g/mol. The van der Waals surface area contributed by atoms with Crippen LogP contribution in [0.1, 0.15) is 20.3 Å². The van der Waals surface area contributed by atoms with Crippen molar-refractivity contribution in [3.05, 3.63) is 18.3 Å². The number of pyridine rings is 1. The van der Waals surface area contributed by atoms with Gasteiger partial charge in [-0.05, 0) is 38.9 Å². The number of rotatable bonds is 3. The van der Waals surface area contributed by atoms with Gasteiger partial charge in [-0.1, -0.05) is 0 Å². The first-order valence-electron chi connectivity index (χ1n) is 5.72. The minimum absolute atomic E-state index is 0.0721. The van der Waals surface area contributed by atoms with Crippen LogP contribution in [0.25, 0.3) is 0 Å². The molecule has 17 heavy (non-hydrogen) atoms. The molecule has 2 heterocycles. The van der Waals surface area contributed by atoms with Crippen molar-refractivity contribution in [3.8, 4) is 5.75 Å². The topological polar surface area (TPSA) is 68.4 Å². The average molecular weight is 235 g/mol. The predicted octanol–water partition coefficient (Wildman–Crippen LogP) is 0.934. The zero-order valence-electron chi connectivity index (χ0n) is 10.1. The Labute approximate surface area is 101 Å². The molecule has 1 amide bonds. The molecule has 0 fully saturated rings. The standard InChI is InChI=1S/C12H17N3O2/c1-12(2)11(16)15(8-4-6-13)10-9(17-12)5-3-7-14-10/h3,5,7H,4,6,8,13H2,1-2H3. The Balaban J connectivity index is 2.38. The maximum Gasteiger partial charge on any atom is 0.271 e. The number of amides is 1. The number of hydrogen-bond donors (Lipinski definition) is 1. The highest BCUT2D eigenvalue weighted by molar-refractivity contribution is 6.01. The van der Waals surface area contributed by atoms with Crippen LogP contribution >= 0.6 is 0 Å². The van der Waals surface area contributed by atoms with E-state index in [0.29, 0.717) is 24.7 Å². The van der Waals surface area contributed by atoms with Gasteiger partial charge in [0.1, 0.15) is 0 Å². The van der Waals surface area contributed by atoms with E-state index in [1.807, 2.05) is 6.07 Å². The largest absolute Gasteiger partial charge is 0.474 e. The maximum absolute atomic E-state index is 12.2. The van der Waals surface area contributed by atoms with Crippen LogP contribution in [-0.2, 0) is 4.79 Å². The summed E-state index contributed by atoms with van der Waals surface area (Å²) in [4.78, 5) is 18.1. The molecule has 2 rings (SSSR count). The summed E-state index contributed by atoms with van der Waals surface area (Å²) in [6.45, 7) is 4.65. The van der Waals surface area contributed by atoms with Crippen molar-refractivity contribution in [1.29, 1.82) is 0 Å². The molecule has 1 aliphatic heterocycles. The fourth-order valence-electron chi connectivity index (χ4n) is 1.86. The third-order valence-corrected chi connectivity index (χ3v) is 2.72. The van der Waals surface area contributed by atoms with Crippen LogP contribution in [0.4, 0.5) is 5.82 Å². The van der Waals surface area contributed by atoms with E-state index < -0.39 is 5.60 Å². The van der Waals surface area contributed by atoms with Crippen molar-refractivity contribution in [2.75, 3.05) is 18.0 Å². The van der Waals surface area contributed by atoms with Gasteiger partial charge in [0, 0.05) is 12.7 Å². The number of fused-ring (bicyclic) bond motifs is 1. The SMILES string of the molecule is CC1(C)Oc2cccnc2N(CCCN)C1=O. The quantitative estimate of drug-likeness (QED) is 0.846. The van der Waals surface area contributed by atoms with E-state index in [4.69, 9.17) is 10.5 Å². The molecule has 2 N–H and O–H groups in total. The number of hydrogen-bond acceptors (Lipinski definition) is 4. The van der Waals surface area contributed by atoms with E-state index in [0.717, 1.165) is 6.42 Å². The van der Waals surface area contributed by atoms with Crippen molar-refractivity contribution < 1.29 is 9.53 Å². The number of anilines is 1. The van der Waals surface area contributed by atoms with Gasteiger partial charge in [-0.15, -0.1) is 0 Å². The molecule has 5 heteroatoms. The predicted molar refractivity (Wildman–Crippen MR) is 65.0 cm³/mol. The van der Waals surface area contributed by atoms with Gasteiger partial charge in [0.15, 0.2) is 17.2 Å². The fraction of sp³-hybridized carbons (Fsp3) is 0.500. The summed E-state index contributed by atoms with van der Waals surface area (Å²) >= 11 is 0. The van der Waals surface area contributed by atoms with E-state index in [2.05, 4.69) is 4.98 Å². The number of aromatic nitrogens is 1. The molecule has 0 bridgehead atoms. The van der Waals surface area contributed by atoms with Crippen molar-refractivity contribution in [2.45, 2.75) is 25.9 Å². The Kier molecular flexibility index (Phi) is 3.02. The molecule has 0 saturated carbocycles. The number of carbonyl (C=O) groups is 1. The minimum Gasteiger partial charge on any atom is -0.474 e. The molecule has 0 aliphatic carbocycles. The van der Waals surface area contributed by atoms with E-state index >= 15 is 0 Å². The zero-order chi connectivity index (χ0) is 12.5.